The van der Waals surface area contributed by atoms with Gasteiger partial charge in [0, 0.05) is 6.42 Å². The number of nitrogens with zero attached hydrogens (tertiary/aromatic N) is 2. The summed E-state index contributed by atoms with van der Waals surface area (Å²) in [5.74, 6) is 0.734. The van der Waals surface area contributed by atoms with Crippen LogP contribution in [0, 0.1) is 0 Å². The summed E-state index contributed by atoms with van der Waals surface area (Å²) in [6, 6.07) is 8.24. The molecule has 0 bridgehead atoms. The van der Waals surface area contributed by atoms with Crippen LogP contribution < -0.4 is 4.57 Å². The van der Waals surface area contributed by atoms with E-state index in [4.69, 9.17) is 4.74 Å². The zero-order valence-electron chi connectivity index (χ0n) is 12.1. The minimum absolute atomic E-state index is 0.218. The lowest BCUT2D eigenvalue weighted by Crippen LogP contribution is -2.36. The minimum Gasteiger partial charge on any atom is -0.462 e. The van der Waals surface area contributed by atoms with Gasteiger partial charge >= 0.3 is 5.97 Å². The Morgan fingerprint density at radius 2 is 2.15 bits per heavy atom. The summed E-state index contributed by atoms with van der Waals surface area (Å²) >= 11 is 0. The SMILES string of the molecule is CCOC(=O)C1=C(C)CCn2c1[n+](C)c1ccccc12. The van der Waals surface area contributed by atoms with Gasteiger partial charge in [-0.1, -0.05) is 12.1 Å². The molecule has 2 heterocycles. The van der Waals surface area contributed by atoms with E-state index in [0.29, 0.717) is 6.61 Å². The average molecular weight is 271 g/mol. The number of aromatic nitrogens is 2. The van der Waals surface area contributed by atoms with Crippen molar-refractivity contribution in [2.24, 2.45) is 7.05 Å². The summed E-state index contributed by atoms with van der Waals surface area (Å²) < 4.78 is 9.54. The summed E-state index contributed by atoms with van der Waals surface area (Å²) in [6.07, 6.45) is 0.889. The molecule has 0 unspecified atom stereocenters. The fraction of sp³-hybridized carbons (Fsp3) is 0.375. The number of ether oxygens (including phenoxy) is 1. The number of hydrogen-bond acceptors (Lipinski definition) is 2. The zero-order chi connectivity index (χ0) is 14.3. The fourth-order valence-electron chi connectivity index (χ4n) is 2.98. The molecule has 104 valence electrons. The Kier molecular flexibility index (Phi) is 3.08. The summed E-state index contributed by atoms with van der Waals surface area (Å²) in [4.78, 5) is 12.3. The van der Waals surface area contributed by atoms with Crippen molar-refractivity contribution >= 4 is 22.6 Å². The van der Waals surface area contributed by atoms with E-state index in [9.17, 15) is 4.79 Å². The second-order valence-electron chi connectivity index (χ2n) is 5.15. The summed E-state index contributed by atoms with van der Waals surface area (Å²) in [7, 11) is 2.01. The predicted octanol–water partition coefficient (Wildman–Crippen LogP) is 2.21. The zero-order valence-corrected chi connectivity index (χ0v) is 12.1. The molecule has 0 aliphatic carbocycles. The van der Waals surface area contributed by atoms with Crippen molar-refractivity contribution in [1.29, 1.82) is 0 Å². The van der Waals surface area contributed by atoms with Crippen molar-refractivity contribution in [3.63, 3.8) is 0 Å². The molecule has 0 saturated heterocycles. The van der Waals surface area contributed by atoms with Gasteiger partial charge in [-0.25, -0.2) is 13.9 Å². The van der Waals surface area contributed by atoms with Crippen LogP contribution in [0.15, 0.2) is 29.8 Å². The molecule has 2 aromatic rings. The first kappa shape index (κ1) is 12.9. The molecule has 0 amide bonds. The second kappa shape index (κ2) is 4.78. The van der Waals surface area contributed by atoms with E-state index in [-0.39, 0.29) is 5.97 Å². The smallest absolute Gasteiger partial charge is 0.346 e. The van der Waals surface area contributed by atoms with Crippen LogP contribution in [0.3, 0.4) is 0 Å². The average Bonchev–Trinajstić information content (AvgIpc) is 2.73. The van der Waals surface area contributed by atoms with Crippen LogP contribution in [0.25, 0.3) is 16.6 Å². The molecule has 0 fully saturated rings. The lowest BCUT2D eigenvalue weighted by atomic mass is 10.0. The van der Waals surface area contributed by atoms with E-state index in [1.807, 2.05) is 33.0 Å². The van der Waals surface area contributed by atoms with Crippen LogP contribution >= 0.6 is 0 Å². The summed E-state index contributed by atoms with van der Waals surface area (Å²) in [5.41, 5.74) is 4.13. The molecular weight excluding hydrogens is 252 g/mol. The Hall–Kier alpha value is -2.10. The van der Waals surface area contributed by atoms with E-state index in [1.165, 1.54) is 5.52 Å². The molecule has 1 aliphatic heterocycles. The Morgan fingerprint density at radius 3 is 2.90 bits per heavy atom. The number of benzene rings is 1. The number of imidazole rings is 1. The van der Waals surface area contributed by atoms with Crippen molar-refractivity contribution < 1.29 is 14.1 Å². The molecule has 1 aliphatic rings. The van der Waals surface area contributed by atoms with Gasteiger partial charge in [-0.05, 0) is 31.6 Å². The molecule has 0 spiro atoms. The molecular formula is C16H19N2O2+. The topological polar surface area (TPSA) is 35.1 Å². The highest BCUT2D eigenvalue weighted by Crippen LogP contribution is 2.29. The van der Waals surface area contributed by atoms with Crippen LogP contribution in [-0.4, -0.2) is 17.1 Å². The molecule has 1 aromatic heterocycles. The maximum atomic E-state index is 12.3. The number of allylic oxidation sites excluding steroid dienone is 1. The lowest BCUT2D eigenvalue weighted by Gasteiger charge is -2.15. The number of hydrogen-bond donors (Lipinski definition) is 0. The monoisotopic (exact) mass is 271 g/mol. The summed E-state index contributed by atoms with van der Waals surface area (Å²) in [6.45, 7) is 5.17. The van der Waals surface area contributed by atoms with Gasteiger partial charge < -0.3 is 4.74 Å². The molecule has 20 heavy (non-hydrogen) atoms. The van der Waals surface area contributed by atoms with E-state index in [2.05, 4.69) is 21.3 Å². The van der Waals surface area contributed by atoms with Gasteiger partial charge in [0.15, 0.2) is 11.0 Å². The minimum atomic E-state index is -0.218. The number of fused-ring (bicyclic) bond motifs is 3. The number of carbonyl (C=O) groups is 1. The first-order chi connectivity index (χ1) is 9.65. The molecule has 4 heteroatoms. The first-order valence-corrected chi connectivity index (χ1v) is 6.99. The quantitative estimate of drug-likeness (QED) is 0.620. The van der Waals surface area contributed by atoms with E-state index < -0.39 is 0 Å². The third-order valence-corrected chi connectivity index (χ3v) is 3.95. The highest BCUT2D eigenvalue weighted by molar-refractivity contribution is 6.16. The normalized spacial score (nSPS) is 14.6. The molecule has 0 N–H and O–H groups in total. The molecule has 0 radical (unpaired) electrons. The Balaban J connectivity index is 2.28. The molecule has 1 aromatic carbocycles. The number of rotatable bonds is 2. The van der Waals surface area contributed by atoms with Crippen molar-refractivity contribution in [1.82, 2.24) is 4.57 Å². The highest BCUT2D eigenvalue weighted by Gasteiger charge is 2.34. The number of aryl methyl sites for hydroxylation is 2. The molecule has 4 nitrogen and oxygen atoms in total. The predicted molar refractivity (Wildman–Crippen MR) is 77.0 cm³/mol. The van der Waals surface area contributed by atoms with Gasteiger partial charge in [-0.15, -0.1) is 0 Å². The van der Waals surface area contributed by atoms with Crippen LogP contribution in [0.4, 0.5) is 0 Å². The Labute approximate surface area is 118 Å². The largest absolute Gasteiger partial charge is 0.462 e. The second-order valence-corrected chi connectivity index (χ2v) is 5.15. The standard InChI is InChI=1S/C16H19N2O2/c1-4-20-16(19)14-11(2)9-10-18-13-8-6-5-7-12(13)17(3)15(14)18/h5-8H,4,9-10H2,1-3H3/q+1. The molecule has 0 saturated carbocycles. The van der Waals surface area contributed by atoms with Crippen molar-refractivity contribution in [2.45, 2.75) is 26.8 Å². The number of carbonyl (C=O) groups excluding carboxylic acids is 1. The molecule has 0 atom stereocenters. The van der Waals surface area contributed by atoms with Crippen LogP contribution in [0.1, 0.15) is 26.1 Å². The van der Waals surface area contributed by atoms with Gasteiger partial charge in [-0.3, -0.25) is 0 Å². The van der Waals surface area contributed by atoms with Gasteiger partial charge in [0.1, 0.15) is 5.57 Å². The van der Waals surface area contributed by atoms with Gasteiger partial charge in [0.2, 0.25) is 0 Å². The van der Waals surface area contributed by atoms with Crippen molar-refractivity contribution in [3.05, 3.63) is 35.7 Å². The van der Waals surface area contributed by atoms with Crippen molar-refractivity contribution in [2.75, 3.05) is 6.61 Å². The van der Waals surface area contributed by atoms with E-state index in [1.54, 1.807) is 0 Å². The van der Waals surface area contributed by atoms with Gasteiger partial charge in [-0.2, -0.15) is 0 Å². The first-order valence-electron chi connectivity index (χ1n) is 6.99. The fourth-order valence-corrected chi connectivity index (χ4v) is 2.98. The van der Waals surface area contributed by atoms with Gasteiger partial charge in [0.25, 0.3) is 5.82 Å². The number of para-hydroxylation sites is 2. The third kappa shape index (κ3) is 1.75. The third-order valence-electron chi connectivity index (χ3n) is 3.95. The Bertz CT molecular complexity index is 725. The Morgan fingerprint density at radius 1 is 1.40 bits per heavy atom. The van der Waals surface area contributed by atoms with Crippen molar-refractivity contribution in [3.8, 4) is 0 Å². The van der Waals surface area contributed by atoms with Crippen LogP contribution in [0.2, 0.25) is 0 Å². The lowest BCUT2D eigenvalue weighted by molar-refractivity contribution is -0.648. The highest BCUT2D eigenvalue weighted by atomic mass is 16.5. The van der Waals surface area contributed by atoms with E-state index >= 15 is 0 Å². The van der Waals surface area contributed by atoms with Crippen LogP contribution in [-0.2, 0) is 23.1 Å². The maximum absolute atomic E-state index is 12.3. The number of esters is 1. The molecule has 3 rings (SSSR count). The van der Waals surface area contributed by atoms with Gasteiger partial charge in [0.05, 0.1) is 20.2 Å². The maximum Gasteiger partial charge on any atom is 0.346 e. The summed E-state index contributed by atoms with van der Waals surface area (Å²) in [5, 5.41) is 0. The van der Waals surface area contributed by atoms with E-state index in [0.717, 1.165) is 35.5 Å². The van der Waals surface area contributed by atoms with Crippen LogP contribution in [0.5, 0.6) is 0 Å².